The average molecular weight is 147 g/mol. The average Bonchev–Trinajstić information content (AvgIpc) is 2.06. The van der Waals surface area contributed by atoms with Gasteiger partial charge in [0.1, 0.15) is 0 Å². The summed E-state index contributed by atoms with van der Waals surface area (Å²) in [6.45, 7) is 0. The van der Waals surface area contributed by atoms with Crippen molar-refractivity contribution in [3.8, 4) is 0 Å². The highest BCUT2D eigenvalue weighted by Crippen LogP contribution is 2.20. The van der Waals surface area contributed by atoms with Crippen molar-refractivity contribution >= 4 is 11.9 Å². The van der Waals surface area contributed by atoms with Gasteiger partial charge >= 0.3 is 0 Å². The predicted octanol–water partition coefficient (Wildman–Crippen LogP) is 1.64. The number of rotatable bonds is 0. The van der Waals surface area contributed by atoms with Gasteiger partial charge in [0.15, 0.2) is 4.87 Å². The molecule has 2 rings (SSSR count). The molecule has 0 bridgehead atoms. The second kappa shape index (κ2) is 2.27. The van der Waals surface area contributed by atoms with Gasteiger partial charge in [0.2, 0.25) is 0 Å². The zero-order valence-corrected chi connectivity index (χ0v) is 5.90. The highest BCUT2D eigenvalue weighted by atomic mass is 16.3. The third-order valence-corrected chi connectivity index (χ3v) is 1.70. The van der Waals surface area contributed by atoms with Gasteiger partial charge in [-0.1, -0.05) is 18.2 Å². The van der Waals surface area contributed by atoms with Gasteiger partial charge in [0, 0.05) is 23.2 Å². The molecule has 1 aromatic carbocycles. The smallest absolute Gasteiger partial charge is 0.0615 e. The van der Waals surface area contributed by atoms with Crippen molar-refractivity contribution in [1.82, 2.24) is 0 Å². The quantitative estimate of drug-likeness (QED) is 0.513. The van der Waals surface area contributed by atoms with E-state index < -0.39 is 0 Å². The van der Waals surface area contributed by atoms with Crippen molar-refractivity contribution in [1.29, 1.82) is 0 Å². The number of fused-ring (bicyclic) bond motifs is 1. The SMILES string of the molecule is O=[N+]1N=CCc2ccccc21. The Balaban J connectivity index is 2.59. The Hall–Kier alpha value is -1.51. The van der Waals surface area contributed by atoms with Gasteiger partial charge in [-0.15, -0.1) is 0 Å². The van der Waals surface area contributed by atoms with E-state index in [2.05, 4.69) is 5.10 Å². The fourth-order valence-electron chi connectivity index (χ4n) is 1.15. The molecule has 0 N–H and O–H groups in total. The molecule has 3 heteroatoms. The molecule has 0 amide bonds. The first-order valence-corrected chi connectivity index (χ1v) is 3.45. The van der Waals surface area contributed by atoms with Crippen molar-refractivity contribution in [2.45, 2.75) is 6.42 Å². The van der Waals surface area contributed by atoms with Crippen molar-refractivity contribution < 1.29 is 4.87 Å². The summed E-state index contributed by atoms with van der Waals surface area (Å²) in [6.07, 6.45) is 2.38. The van der Waals surface area contributed by atoms with E-state index in [0.29, 0.717) is 10.6 Å². The van der Waals surface area contributed by atoms with Crippen LogP contribution < -0.4 is 0 Å². The molecule has 0 fully saturated rings. The summed E-state index contributed by atoms with van der Waals surface area (Å²) in [5.41, 5.74) is 1.70. The number of hydrogen-bond donors (Lipinski definition) is 0. The number of hydrazone groups is 1. The number of benzene rings is 1. The maximum Gasteiger partial charge on any atom is 0.298 e. The fourth-order valence-corrected chi connectivity index (χ4v) is 1.15. The molecule has 0 aromatic heterocycles. The van der Waals surface area contributed by atoms with Crippen LogP contribution in [-0.4, -0.2) is 11.1 Å². The minimum Gasteiger partial charge on any atom is -0.0615 e. The van der Waals surface area contributed by atoms with Gasteiger partial charge in [0.25, 0.3) is 5.69 Å². The molecule has 0 atom stereocenters. The Labute approximate surface area is 63.9 Å². The van der Waals surface area contributed by atoms with Crippen LogP contribution in [0.25, 0.3) is 0 Å². The van der Waals surface area contributed by atoms with Gasteiger partial charge in [-0.25, -0.2) is 0 Å². The van der Waals surface area contributed by atoms with Crippen LogP contribution in [-0.2, 0) is 6.42 Å². The minimum absolute atomic E-state index is 0.652. The molecule has 11 heavy (non-hydrogen) atoms. The maximum absolute atomic E-state index is 11.0. The molecule has 0 saturated heterocycles. The Bertz CT molecular complexity index is 331. The molecule has 0 saturated carbocycles. The summed E-state index contributed by atoms with van der Waals surface area (Å²) in [6, 6.07) is 7.47. The minimum atomic E-state index is 0.652. The molecule has 54 valence electrons. The maximum atomic E-state index is 11.0. The molecule has 0 radical (unpaired) electrons. The van der Waals surface area contributed by atoms with Crippen LogP contribution in [0.1, 0.15) is 5.56 Å². The zero-order valence-electron chi connectivity index (χ0n) is 5.90. The van der Waals surface area contributed by atoms with Crippen LogP contribution in [0.3, 0.4) is 0 Å². The monoisotopic (exact) mass is 147 g/mol. The summed E-state index contributed by atoms with van der Waals surface area (Å²) in [5.74, 6) is 0. The van der Waals surface area contributed by atoms with Crippen molar-refractivity contribution in [3.63, 3.8) is 0 Å². The van der Waals surface area contributed by atoms with E-state index in [1.165, 1.54) is 0 Å². The van der Waals surface area contributed by atoms with Crippen LogP contribution in [0, 0.1) is 4.91 Å². The van der Waals surface area contributed by atoms with Crippen molar-refractivity contribution in [2.24, 2.45) is 5.10 Å². The lowest BCUT2D eigenvalue weighted by atomic mass is 10.1. The largest absolute Gasteiger partial charge is 0.298 e. The summed E-state index contributed by atoms with van der Waals surface area (Å²) >= 11 is 0. The lowest BCUT2D eigenvalue weighted by Crippen LogP contribution is -2.03. The summed E-state index contributed by atoms with van der Waals surface area (Å²) in [4.78, 5) is 11.7. The van der Waals surface area contributed by atoms with Crippen LogP contribution in [0.5, 0.6) is 0 Å². The lowest BCUT2D eigenvalue weighted by molar-refractivity contribution is -0.469. The van der Waals surface area contributed by atoms with E-state index >= 15 is 0 Å². The van der Waals surface area contributed by atoms with Crippen molar-refractivity contribution in [2.75, 3.05) is 0 Å². The number of nitrogens with zero attached hydrogens (tertiary/aromatic N) is 2. The predicted molar refractivity (Wildman–Crippen MR) is 41.9 cm³/mol. The summed E-state index contributed by atoms with van der Waals surface area (Å²) < 4.78 is 0. The van der Waals surface area contributed by atoms with Gasteiger partial charge in [0.05, 0.1) is 11.1 Å². The Morgan fingerprint density at radius 3 is 3.00 bits per heavy atom. The van der Waals surface area contributed by atoms with Gasteiger partial charge < -0.3 is 0 Å². The Kier molecular flexibility index (Phi) is 1.28. The lowest BCUT2D eigenvalue weighted by Gasteiger charge is -1.98. The molecule has 0 aliphatic carbocycles. The van der Waals surface area contributed by atoms with Crippen LogP contribution in [0.2, 0.25) is 0 Å². The summed E-state index contributed by atoms with van der Waals surface area (Å²) in [7, 11) is 0. The molecule has 1 aromatic rings. The van der Waals surface area contributed by atoms with Gasteiger partial charge in [-0.05, 0) is 0 Å². The first kappa shape index (κ1) is 6.22. The van der Waals surface area contributed by atoms with Gasteiger partial charge in [-0.3, -0.25) is 0 Å². The Morgan fingerprint density at radius 1 is 1.36 bits per heavy atom. The first-order valence-electron chi connectivity index (χ1n) is 3.45. The highest BCUT2D eigenvalue weighted by molar-refractivity contribution is 5.65. The molecule has 0 spiro atoms. The molecule has 1 heterocycles. The second-order valence-corrected chi connectivity index (χ2v) is 2.40. The van der Waals surface area contributed by atoms with E-state index in [1.54, 1.807) is 12.3 Å². The molecule has 0 unspecified atom stereocenters. The third-order valence-electron chi connectivity index (χ3n) is 1.70. The first-order chi connectivity index (χ1) is 5.38. The molecular formula is C8H7N2O+. The van der Waals surface area contributed by atoms with E-state index in [0.717, 1.165) is 12.0 Å². The van der Waals surface area contributed by atoms with E-state index in [1.807, 2.05) is 18.2 Å². The fraction of sp³-hybridized carbons (Fsp3) is 0.125. The third kappa shape index (κ3) is 0.941. The standard InChI is InChI=1S/C8H7N2O/c11-10-8-4-2-1-3-7(8)5-6-9-10/h1-4,6H,5H2/q+1. The normalized spacial score (nSPS) is 14.7. The highest BCUT2D eigenvalue weighted by Gasteiger charge is 2.20. The Morgan fingerprint density at radius 2 is 2.18 bits per heavy atom. The van der Waals surface area contributed by atoms with Crippen molar-refractivity contribution in [3.05, 3.63) is 34.7 Å². The number of nitroso groups, excluding NO2 is 1. The number of para-hydroxylation sites is 1. The van der Waals surface area contributed by atoms with E-state index in [9.17, 15) is 4.91 Å². The molecular weight excluding hydrogens is 140 g/mol. The van der Waals surface area contributed by atoms with E-state index in [4.69, 9.17) is 0 Å². The second-order valence-electron chi connectivity index (χ2n) is 2.40. The van der Waals surface area contributed by atoms with E-state index in [-0.39, 0.29) is 0 Å². The molecule has 1 aliphatic heterocycles. The number of hydrogen-bond acceptors (Lipinski definition) is 1. The van der Waals surface area contributed by atoms with Crippen LogP contribution in [0.15, 0.2) is 29.4 Å². The van der Waals surface area contributed by atoms with Gasteiger partial charge in [-0.2, -0.15) is 0 Å². The topological polar surface area (TPSA) is 32.4 Å². The zero-order chi connectivity index (χ0) is 7.68. The molecule has 3 nitrogen and oxygen atoms in total. The van der Waals surface area contributed by atoms with Crippen LogP contribution >= 0.6 is 0 Å². The summed E-state index contributed by atoms with van der Waals surface area (Å²) in [5, 5.41) is 3.62. The van der Waals surface area contributed by atoms with Crippen LogP contribution in [0.4, 0.5) is 5.69 Å². The molecule has 1 aliphatic rings.